The van der Waals surface area contributed by atoms with Crippen molar-refractivity contribution in [2.75, 3.05) is 20.3 Å². The zero-order chi connectivity index (χ0) is 13.1. The topological polar surface area (TPSA) is 18.5 Å². The van der Waals surface area contributed by atoms with E-state index >= 15 is 0 Å². The molecular weight excluding hydrogens is 339 g/mol. The van der Waals surface area contributed by atoms with E-state index in [2.05, 4.69) is 34.7 Å². The third-order valence-corrected chi connectivity index (χ3v) is 3.54. The minimum absolute atomic E-state index is 0.832. The zero-order valence-corrected chi connectivity index (χ0v) is 13.3. The molecule has 0 aliphatic rings. The SMILES string of the molecule is COCCCCCCCCOc1ccc(I)cc1. The Labute approximate surface area is 124 Å². The van der Waals surface area contributed by atoms with E-state index in [0.717, 1.165) is 25.4 Å². The van der Waals surface area contributed by atoms with Gasteiger partial charge in [-0.2, -0.15) is 0 Å². The number of methoxy groups -OCH3 is 1. The Bertz CT molecular complexity index is 298. The van der Waals surface area contributed by atoms with Gasteiger partial charge >= 0.3 is 0 Å². The Morgan fingerprint density at radius 1 is 0.833 bits per heavy atom. The molecule has 1 rings (SSSR count). The number of halogens is 1. The minimum atomic E-state index is 0.832. The lowest BCUT2D eigenvalue weighted by Gasteiger charge is -2.06. The second-order valence-corrected chi connectivity index (χ2v) is 5.66. The predicted octanol–water partition coefficient (Wildman–Crippen LogP) is 4.66. The summed E-state index contributed by atoms with van der Waals surface area (Å²) in [5, 5.41) is 0. The molecule has 0 atom stereocenters. The van der Waals surface area contributed by atoms with Gasteiger partial charge < -0.3 is 9.47 Å². The van der Waals surface area contributed by atoms with Crippen molar-refractivity contribution in [3.8, 4) is 5.75 Å². The molecule has 0 amide bonds. The summed E-state index contributed by atoms with van der Waals surface area (Å²) in [5.41, 5.74) is 0. The molecule has 0 fully saturated rings. The van der Waals surface area contributed by atoms with Gasteiger partial charge in [0.05, 0.1) is 6.61 Å². The maximum absolute atomic E-state index is 5.68. The highest BCUT2D eigenvalue weighted by Crippen LogP contribution is 2.14. The van der Waals surface area contributed by atoms with E-state index in [4.69, 9.17) is 9.47 Å². The number of unbranched alkanes of at least 4 members (excludes halogenated alkanes) is 5. The molecule has 2 nitrogen and oxygen atoms in total. The molecule has 0 aromatic heterocycles. The van der Waals surface area contributed by atoms with Crippen molar-refractivity contribution in [2.45, 2.75) is 38.5 Å². The van der Waals surface area contributed by atoms with E-state index < -0.39 is 0 Å². The largest absolute Gasteiger partial charge is 0.494 e. The highest BCUT2D eigenvalue weighted by molar-refractivity contribution is 14.1. The van der Waals surface area contributed by atoms with Gasteiger partial charge in [-0.1, -0.05) is 25.7 Å². The minimum Gasteiger partial charge on any atom is -0.494 e. The lowest BCUT2D eigenvalue weighted by Crippen LogP contribution is -1.97. The molecule has 1 aromatic carbocycles. The van der Waals surface area contributed by atoms with Crippen LogP contribution in [-0.4, -0.2) is 20.3 Å². The maximum atomic E-state index is 5.68. The molecule has 3 heteroatoms. The molecule has 18 heavy (non-hydrogen) atoms. The van der Waals surface area contributed by atoms with Crippen LogP contribution in [0.25, 0.3) is 0 Å². The average Bonchev–Trinajstić information content (AvgIpc) is 2.39. The standard InChI is InChI=1S/C15H23IO2/c1-17-12-6-4-2-3-5-7-13-18-15-10-8-14(16)9-11-15/h8-11H,2-7,12-13H2,1H3. The first-order valence-electron chi connectivity index (χ1n) is 6.70. The van der Waals surface area contributed by atoms with Crippen molar-refractivity contribution in [1.82, 2.24) is 0 Å². The molecule has 1 aromatic rings. The quantitative estimate of drug-likeness (QED) is 0.445. The van der Waals surface area contributed by atoms with Crippen LogP contribution in [0.15, 0.2) is 24.3 Å². The average molecular weight is 362 g/mol. The van der Waals surface area contributed by atoms with Crippen LogP contribution >= 0.6 is 22.6 Å². The Morgan fingerprint density at radius 2 is 1.39 bits per heavy atom. The van der Waals surface area contributed by atoms with Crippen LogP contribution in [0.3, 0.4) is 0 Å². The number of hydrogen-bond acceptors (Lipinski definition) is 2. The Morgan fingerprint density at radius 3 is 2.00 bits per heavy atom. The summed E-state index contributed by atoms with van der Waals surface area (Å²) in [6, 6.07) is 8.22. The van der Waals surface area contributed by atoms with Crippen LogP contribution in [0.1, 0.15) is 38.5 Å². The molecule has 0 saturated heterocycles. The second kappa shape index (κ2) is 10.6. The van der Waals surface area contributed by atoms with Crippen LogP contribution in [0, 0.1) is 3.57 Å². The normalized spacial score (nSPS) is 10.6. The summed E-state index contributed by atoms with van der Waals surface area (Å²) in [5.74, 6) is 0.982. The lowest BCUT2D eigenvalue weighted by atomic mass is 10.1. The Kier molecular flexibility index (Phi) is 9.30. The summed E-state index contributed by atoms with van der Waals surface area (Å²) in [6.45, 7) is 1.73. The summed E-state index contributed by atoms with van der Waals surface area (Å²) >= 11 is 2.30. The Hall–Kier alpha value is -0.290. The summed E-state index contributed by atoms with van der Waals surface area (Å²) in [4.78, 5) is 0. The molecule has 0 radical (unpaired) electrons. The van der Waals surface area contributed by atoms with Crippen molar-refractivity contribution >= 4 is 22.6 Å². The van der Waals surface area contributed by atoms with Gasteiger partial charge in [0, 0.05) is 17.3 Å². The molecule has 0 aliphatic carbocycles. The second-order valence-electron chi connectivity index (χ2n) is 4.42. The smallest absolute Gasteiger partial charge is 0.119 e. The third kappa shape index (κ3) is 7.93. The van der Waals surface area contributed by atoms with Gasteiger partial charge in [0.15, 0.2) is 0 Å². The fraction of sp³-hybridized carbons (Fsp3) is 0.600. The summed E-state index contributed by atoms with van der Waals surface area (Å²) < 4.78 is 12.0. The van der Waals surface area contributed by atoms with Crippen molar-refractivity contribution in [3.05, 3.63) is 27.8 Å². The molecule has 0 bridgehead atoms. The predicted molar refractivity (Wildman–Crippen MR) is 84.2 cm³/mol. The fourth-order valence-corrected chi connectivity index (χ4v) is 2.14. The molecule has 0 saturated carbocycles. The molecular formula is C15H23IO2. The van der Waals surface area contributed by atoms with Crippen LogP contribution in [0.4, 0.5) is 0 Å². The molecule has 0 N–H and O–H groups in total. The number of ether oxygens (including phenoxy) is 2. The summed E-state index contributed by atoms with van der Waals surface area (Å²) in [6.07, 6.45) is 7.50. The van der Waals surface area contributed by atoms with Crippen molar-refractivity contribution in [2.24, 2.45) is 0 Å². The van der Waals surface area contributed by atoms with E-state index in [1.54, 1.807) is 7.11 Å². The molecule has 0 heterocycles. The van der Waals surface area contributed by atoms with Crippen LogP contribution in [0.2, 0.25) is 0 Å². The van der Waals surface area contributed by atoms with Gasteiger partial charge in [-0.05, 0) is 59.7 Å². The first-order chi connectivity index (χ1) is 8.83. The van der Waals surface area contributed by atoms with Crippen molar-refractivity contribution in [3.63, 3.8) is 0 Å². The maximum Gasteiger partial charge on any atom is 0.119 e. The van der Waals surface area contributed by atoms with Gasteiger partial charge in [-0.25, -0.2) is 0 Å². The van der Waals surface area contributed by atoms with Gasteiger partial charge in [0.1, 0.15) is 5.75 Å². The van der Waals surface area contributed by atoms with E-state index in [1.165, 1.54) is 35.7 Å². The first-order valence-corrected chi connectivity index (χ1v) is 7.78. The van der Waals surface area contributed by atoms with Crippen LogP contribution in [0.5, 0.6) is 5.75 Å². The number of benzene rings is 1. The lowest BCUT2D eigenvalue weighted by molar-refractivity contribution is 0.191. The highest BCUT2D eigenvalue weighted by Gasteiger charge is 1.94. The van der Waals surface area contributed by atoms with Gasteiger partial charge in [-0.3, -0.25) is 0 Å². The highest BCUT2D eigenvalue weighted by atomic mass is 127. The van der Waals surface area contributed by atoms with E-state index in [-0.39, 0.29) is 0 Å². The zero-order valence-electron chi connectivity index (χ0n) is 11.2. The fourth-order valence-electron chi connectivity index (χ4n) is 1.78. The van der Waals surface area contributed by atoms with Crippen LogP contribution < -0.4 is 4.74 Å². The third-order valence-electron chi connectivity index (χ3n) is 2.83. The molecule has 102 valence electrons. The van der Waals surface area contributed by atoms with Gasteiger partial charge in [0.2, 0.25) is 0 Å². The number of hydrogen-bond donors (Lipinski definition) is 0. The van der Waals surface area contributed by atoms with Crippen molar-refractivity contribution in [1.29, 1.82) is 0 Å². The Balaban J connectivity index is 1.91. The van der Waals surface area contributed by atoms with E-state index in [1.807, 2.05) is 12.1 Å². The van der Waals surface area contributed by atoms with E-state index in [9.17, 15) is 0 Å². The summed E-state index contributed by atoms with van der Waals surface area (Å²) in [7, 11) is 1.77. The molecule has 0 spiro atoms. The molecule has 0 aliphatic heterocycles. The van der Waals surface area contributed by atoms with Crippen molar-refractivity contribution < 1.29 is 9.47 Å². The van der Waals surface area contributed by atoms with Gasteiger partial charge in [-0.15, -0.1) is 0 Å². The first kappa shape index (κ1) is 15.8. The van der Waals surface area contributed by atoms with E-state index in [0.29, 0.717) is 0 Å². The molecule has 0 unspecified atom stereocenters. The number of rotatable bonds is 10. The van der Waals surface area contributed by atoms with Gasteiger partial charge in [0.25, 0.3) is 0 Å². The van der Waals surface area contributed by atoms with Crippen LogP contribution in [-0.2, 0) is 4.74 Å². The monoisotopic (exact) mass is 362 g/mol.